The van der Waals surface area contributed by atoms with Crippen LogP contribution in [0.2, 0.25) is 0 Å². The number of amides is 2. The minimum atomic E-state index is -5.80. The van der Waals surface area contributed by atoms with Crippen LogP contribution in [0.25, 0.3) is 0 Å². The van der Waals surface area contributed by atoms with Gasteiger partial charge in [-0.2, -0.15) is 21.6 Å². The van der Waals surface area contributed by atoms with Gasteiger partial charge >= 0.3 is 21.5 Å². The van der Waals surface area contributed by atoms with Crippen LogP contribution in [0.15, 0.2) is 0 Å². The number of rotatable bonds is 14. The molecule has 0 unspecified atom stereocenters. The Bertz CT molecular complexity index is 868. The SMILES string of the molecule is CN(C(=O)CCC(=O)OCCOCCNC(=O)C(C)(C)CC(C)(C)SC(C)(C)C)S(=O)(=O)C(F)(F)F. The average Bonchev–Trinajstić information content (AvgIpc) is 2.66. The molecule has 0 heterocycles. The number of thioether (sulfide) groups is 1. The maximum atomic E-state index is 12.6. The van der Waals surface area contributed by atoms with E-state index in [0.29, 0.717) is 13.5 Å². The molecule has 0 rings (SSSR count). The van der Waals surface area contributed by atoms with E-state index in [1.165, 1.54) is 0 Å². The van der Waals surface area contributed by atoms with E-state index in [0.717, 1.165) is 0 Å². The van der Waals surface area contributed by atoms with Crippen molar-refractivity contribution >= 4 is 39.6 Å². The molecule has 212 valence electrons. The molecule has 1 N–H and O–H groups in total. The van der Waals surface area contributed by atoms with Crippen molar-refractivity contribution in [3.05, 3.63) is 0 Å². The Morgan fingerprint density at radius 1 is 0.917 bits per heavy atom. The Kier molecular flexibility index (Phi) is 12.7. The van der Waals surface area contributed by atoms with Gasteiger partial charge in [-0.15, -0.1) is 11.8 Å². The molecule has 0 saturated heterocycles. The number of hydrogen-bond donors (Lipinski definition) is 1. The summed E-state index contributed by atoms with van der Waals surface area (Å²) in [4.78, 5) is 35.9. The summed E-state index contributed by atoms with van der Waals surface area (Å²) < 4.78 is 69.3. The number of alkyl halides is 3. The summed E-state index contributed by atoms with van der Waals surface area (Å²) in [5.74, 6) is -2.39. The third kappa shape index (κ3) is 12.6. The van der Waals surface area contributed by atoms with E-state index >= 15 is 0 Å². The molecular weight excluding hydrogens is 525 g/mol. The smallest absolute Gasteiger partial charge is 0.463 e. The largest absolute Gasteiger partial charge is 0.516 e. The fourth-order valence-electron chi connectivity index (χ4n) is 3.53. The normalized spacial score (nSPS) is 13.3. The second-order valence-electron chi connectivity index (χ2n) is 10.4. The number of carbonyl (C=O) groups is 3. The van der Waals surface area contributed by atoms with Crippen LogP contribution in [0.3, 0.4) is 0 Å². The number of halogens is 3. The summed E-state index contributed by atoms with van der Waals surface area (Å²) in [6.07, 6.45) is -0.686. The molecule has 0 aliphatic carbocycles. The summed E-state index contributed by atoms with van der Waals surface area (Å²) in [7, 11) is -5.34. The summed E-state index contributed by atoms with van der Waals surface area (Å²) in [5, 5.41) is 2.82. The molecule has 0 bridgehead atoms. The zero-order valence-electron chi connectivity index (χ0n) is 22.2. The second-order valence-corrected chi connectivity index (χ2v) is 14.9. The lowest BCUT2D eigenvalue weighted by molar-refractivity contribution is -0.146. The highest BCUT2D eigenvalue weighted by atomic mass is 32.2. The van der Waals surface area contributed by atoms with E-state index in [-0.39, 0.29) is 41.8 Å². The van der Waals surface area contributed by atoms with Gasteiger partial charge in [0.1, 0.15) is 6.61 Å². The van der Waals surface area contributed by atoms with Crippen molar-refractivity contribution < 1.29 is 45.4 Å². The predicted octanol–water partition coefficient (Wildman–Crippen LogP) is 3.48. The molecule has 0 aliphatic heterocycles. The first-order valence-corrected chi connectivity index (χ1v) is 13.6. The maximum absolute atomic E-state index is 12.6. The van der Waals surface area contributed by atoms with Crippen molar-refractivity contribution in [2.75, 3.05) is 33.4 Å². The Morgan fingerprint density at radius 2 is 1.47 bits per heavy atom. The Morgan fingerprint density at radius 3 is 1.97 bits per heavy atom. The number of ether oxygens (including phenoxy) is 2. The first-order valence-electron chi connectivity index (χ1n) is 11.3. The van der Waals surface area contributed by atoms with Crippen molar-refractivity contribution in [3.8, 4) is 0 Å². The minimum Gasteiger partial charge on any atom is -0.463 e. The van der Waals surface area contributed by atoms with Crippen LogP contribution in [-0.4, -0.2) is 78.9 Å². The van der Waals surface area contributed by atoms with Crippen LogP contribution < -0.4 is 5.32 Å². The highest BCUT2D eigenvalue weighted by molar-refractivity contribution is 8.01. The topological polar surface area (TPSA) is 119 Å². The van der Waals surface area contributed by atoms with Crippen molar-refractivity contribution in [3.63, 3.8) is 0 Å². The Hall–Kier alpha value is -1.54. The van der Waals surface area contributed by atoms with Crippen molar-refractivity contribution in [1.82, 2.24) is 9.62 Å². The van der Waals surface area contributed by atoms with Gasteiger partial charge in [0.05, 0.1) is 19.6 Å². The lowest BCUT2D eigenvalue weighted by Crippen LogP contribution is -2.42. The molecule has 0 spiro atoms. The molecular formula is C22H39F3N2O7S2. The molecule has 0 aliphatic rings. The fourth-order valence-corrected chi connectivity index (χ4v) is 6.29. The standard InChI is InChI=1S/C22H39F3N2O7S2/c1-19(2,3)35-21(6,7)15-20(4,5)18(30)26-11-12-33-13-14-34-17(29)10-9-16(28)27(8)36(31,32)22(23,24)25/h9-15H2,1-8H3,(H,26,30). The van der Waals surface area contributed by atoms with Gasteiger partial charge in [-0.1, -0.05) is 48.5 Å². The predicted molar refractivity (Wildman–Crippen MR) is 132 cm³/mol. The molecule has 2 amide bonds. The van der Waals surface area contributed by atoms with Gasteiger partial charge in [-0.05, 0) is 6.42 Å². The van der Waals surface area contributed by atoms with Crippen LogP contribution in [0.1, 0.15) is 67.7 Å². The third-order valence-corrected chi connectivity index (χ3v) is 7.45. The number of hydrogen-bond acceptors (Lipinski definition) is 8. The van der Waals surface area contributed by atoms with E-state index < -0.39 is 50.0 Å². The van der Waals surface area contributed by atoms with Gasteiger partial charge in [0, 0.05) is 34.9 Å². The number of nitrogens with zero attached hydrogens (tertiary/aromatic N) is 1. The summed E-state index contributed by atoms with van der Waals surface area (Å²) in [6, 6.07) is 0. The lowest BCUT2D eigenvalue weighted by Gasteiger charge is -2.37. The van der Waals surface area contributed by atoms with Crippen molar-refractivity contribution in [2.24, 2.45) is 5.41 Å². The van der Waals surface area contributed by atoms with Crippen LogP contribution >= 0.6 is 11.8 Å². The third-order valence-electron chi connectivity index (χ3n) is 4.63. The Balaban J connectivity index is 4.23. The van der Waals surface area contributed by atoms with E-state index in [9.17, 15) is 36.0 Å². The Labute approximate surface area is 216 Å². The van der Waals surface area contributed by atoms with Crippen molar-refractivity contribution in [2.45, 2.75) is 82.7 Å². The summed E-state index contributed by atoms with van der Waals surface area (Å²) >= 11 is 1.81. The van der Waals surface area contributed by atoms with Crippen LogP contribution in [0.4, 0.5) is 13.2 Å². The zero-order valence-corrected chi connectivity index (χ0v) is 23.8. The van der Waals surface area contributed by atoms with Gasteiger partial charge in [-0.3, -0.25) is 14.4 Å². The first kappa shape index (κ1) is 34.5. The summed E-state index contributed by atoms with van der Waals surface area (Å²) in [5.41, 5.74) is -6.21. The molecule has 0 fully saturated rings. The van der Waals surface area contributed by atoms with Gasteiger partial charge in [0.15, 0.2) is 0 Å². The van der Waals surface area contributed by atoms with E-state index in [2.05, 4.69) is 39.9 Å². The molecule has 0 atom stereocenters. The van der Waals surface area contributed by atoms with Crippen molar-refractivity contribution in [1.29, 1.82) is 0 Å². The van der Waals surface area contributed by atoms with Gasteiger partial charge < -0.3 is 14.8 Å². The molecule has 0 aromatic carbocycles. The van der Waals surface area contributed by atoms with Crippen LogP contribution in [0, 0.1) is 5.41 Å². The first-order chi connectivity index (χ1) is 16.0. The monoisotopic (exact) mass is 564 g/mol. The molecule has 9 nitrogen and oxygen atoms in total. The van der Waals surface area contributed by atoms with Crippen LogP contribution in [-0.2, 0) is 33.9 Å². The van der Waals surface area contributed by atoms with Crippen LogP contribution in [0.5, 0.6) is 0 Å². The number of carbonyl (C=O) groups excluding carboxylic acids is 3. The minimum absolute atomic E-state index is 0.00341. The molecule has 0 saturated carbocycles. The second kappa shape index (κ2) is 13.3. The quantitative estimate of drug-likeness (QED) is 0.252. The van der Waals surface area contributed by atoms with E-state index in [1.807, 2.05) is 25.6 Å². The molecule has 0 aromatic rings. The number of esters is 1. The number of sulfonamides is 1. The lowest BCUT2D eigenvalue weighted by atomic mass is 9.82. The fraction of sp³-hybridized carbons (Fsp3) is 0.864. The van der Waals surface area contributed by atoms with Gasteiger partial charge in [0.25, 0.3) is 0 Å². The molecule has 36 heavy (non-hydrogen) atoms. The maximum Gasteiger partial charge on any atom is 0.516 e. The molecule has 0 aromatic heterocycles. The highest BCUT2D eigenvalue weighted by Gasteiger charge is 2.50. The number of nitrogens with one attached hydrogen (secondary N) is 1. The summed E-state index contributed by atoms with van der Waals surface area (Å²) in [6.45, 7) is 14.6. The highest BCUT2D eigenvalue weighted by Crippen LogP contribution is 2.43. The van der Waals surface area contributed by atoms with E-state index in [1.54, 1.807) is 0 Å². The van der Waals surface area contributed by atoms with E-state index in [4.69, 9.17) is 9.47 Å². The molecule has 14 heteroatoms. The van der Waals surface area contributed by atoms with Gasteiger partial charge in [0.2, 0.25) is 11.8 Å². The average molecular weight is 565 g/mol. The van der Waals surface area contributed by atoms with Gasteiger partial charge in [-0.25, -0.2) is 4.31 Å². The molecule has 0 radical (unpaired) electrons. The zero-order chi connectivity index (χ0) is 28.6.